The molecule has 0 saturated heterocycles. The van der Waals surface area contributed by atoms with Gasteiger partial charge in [-0.15, -0.1) is 0 Å². The fourth-order valence-corrected chi connectivity index (χ4v) is 1.42. The van der Waals surface area contributed by atoms with E-state index in [1.54, 1.807) is 24.8 Å². The lowest BCUT2D eigenvalue weighted by atomic mass is 10.1. The van der Waals surface area contributed by atoms with Gasteiger partial charge in [0.15, 0.2) is 0 Å². The van der Waals surface area contributed by atoms with Gasteiger partial charge < -0.3 is 10.8 Å². The molecule has 3 N–H and O–H groups in total. The van der Waals surface area contributed by atoms with Gasteiger partial charge in [-0.2, -0.15) is 0 Å². The molecule has 0 aliphatic carbocycles. The van der Waals surface area contributed by atoms with Gasteiger partial charge in [-0.3, -0.25) is 9.97 Å². The van der Waals surface area contributed by atoms with Gasteiger partial charge in [-0.25, -0.2) is 0 Å². The van der Waals surface area contributed by atoms with Gasteiger partial charge >= 0.3 is 0 Å². The van der Waals surface area contributed by atoms with Crippen LogP contribution in [0.15, 0.2) is 30.9 Å². The van der Waals surface area contributed by atoms with E-state index in [-0.39, 0.29) is 6.54 Å². The van der Waals surface area contributed by atoms with E-state index in [0.717, 1.165) is 16.3 Å². The van der Waals surface area contributed by atoms with Crippen molar-refractivity contribution in [2.45, 2.75) is 6.10 Å². The highest BCUT2D eigenvalue weighted by Gasteiger charge is 2.09. The maximum atomic E-state index is 9.63. The van der Waals surface area contributed by atoms with E-state index in [9.17, 15) is 5.11 Å². The topological polar surface area (TPSA) is 72.0 Å². The van der Waals surface area contributed by atoms with Crippen LogP contribution in [0.2, 0.25) is 0 Å². The molecule has 14 heavy (non-hydrogen) atoms. The molecule has 0 spiro atoms. The zero-order valence-corrected chi connectivity index (χ0v) is 7.59. The van der Waals surface area contributed by atoms with Gasteiger partial charge in [0.05, 0.1) is 6.10 Å². The Labute approximate surface area is 81.4 Å². The maximum absolute atomic E-state index is 9.63. The smallest absolute Gasteiger partial charge is 0.0933 e. The quantitative estimate of drug-likeness (QED) is 0.726. The second-order valence-corrected chi connectivity index (χ2v) is 3.08. The summed E-state index contributed by atoms with van der Waals surface area (Å²) in [6, 6.07) is 1.86. The Bertz CT molecular complexity index is 439. The highest BCUT2D eigenvalue weighted by atomic mass is 16.3. The molecule has 2 rings (SSSR count). The summed E-state index contributed by atoms with van der Waals surface area (Å²) in [6.45, 7) is 0.190. The predicted molar refractivity (Wildman–Crippen MR) is 53.6 cm³/mol. The van der Waals surface area contributed by atoms with Crippen molar-refractivity contribution in [3.8, 4) is 0 Å². The van der Waals surface area contributed by atoms with Crippen LogP contribution in [0, 0.1) is 0 Å². The van der Waals surface area contributed by atoms with E-state index in [4.69, 9.17) is 5.73 Å². The van der Waals surface area contributed by atoms with Crippen LogP contribution in [0.5, 0.6) is 0 Å². The molecule has 0 aliphatic heterocycles. The third-order valence-corrected chi connectivity index (χ3v) is 2.18. The van der Waals surface area contributed by atoms with E-state index >= 15 is 0 Å². The number of aliphatic hydroxyl groups is 1. The van der Waals surface area contributed by atoms with Crippen LogP contribution in [0.25, 0.3) is 10.8 Å². The number of nitrogens with two attached hydrogens (primary N) is 1. The molecule has 0 aromatic carbocycles. The monoisotopic (exact) mass is 189 g/mol. The average molecular weight is 189 g/mol. The summed E-state index contributed by atoms with van der Waals surface area (Å²) in [5, 5.41) is 11.5. The van der Waals surface area contributed by atoms with E-state index < -0.39 is 6.10 Å². The molecule has 4 nitrogen and oxygen atoms in total. The van der Waals surface area contributed by atoms with Crippen molar-refractivity contribution in [3.63, 3.8) is 0 Å². The Kier molecular flexibility index (Phi) is 2.39. The van der Waals surface area contributed by atoms with Crippen LogP contribution in [0.3, 0.4) is 0 Å². The standard InChI is InChI=1S/C10H11N3O/c11-3-10(14)9-6-13-4-7-1-2-12-5-8(7)9/h1-2,4-6,10,14H,3,11H2. The number of aliphatic hydroxyl groups excluding tert-OH is 1. The summed E-state index contributed by atoms with van der Waals surface area (Å²) in [7, 11) is 0. The van der Waals surface area contributed by atoms with E-state index in [1.807, 2.05) is 6.07 Å². The average Bonchev–Trinajstić information content (AvgIpc) is 2.27. The summed E-state index contributed by atoms with van der Waals surface area (Å²) in [5.41, 5.74) is 6.13. The molecular weight excluding hydrogens is 178 g/mol. The summed E-state index contributed by atoms with van der Waals surface area (Å²) in [6.07, 6.45) is 6.11. The van der Waals surface area contributed by atoms with Gasteiger partial charge in [-0.1, -0.05) is 0 Å². The van der Waals surface area contributed by atoms with E-state index in [0.29, 0.717) is 0 Å². The van der Waals surface area contributed by atoms with Crippen LogP contribution in [0.4, 0.5) is 0 Å². The molecular formula is C10H11N3O. The Morgan fingerprint density at radius 2 is 2.14 bits per heavy atom. The summed E-state index contributed by atoms with van der Waals surface area (Å²) < 4.78 is 0. The van der Waals surface area contributed by atoms with Gasteiger partial charge in [0.2, 0.25) is 0 Å². The molecule has 2 aromatic rings. The molecule has 2 aromatic heterocycles. The lowest BCUT2D eigenvalue weighted by Gasteiger charge is -2.09. The first-order valence-corrected chi connectivity index (χ1v) is 4.38. The molecule has 1 unspecified atom stereocenters. The van der Waals surface area contributed by atoms with Gasteiger partial charge in [-0.05, 0) is 6.07 Å². The molecule has 0 radical (unpaired) electrons. The van der Waals surface area contributed by atoms with Gasteiger partial charge in [0, 0.05) is 47.7 Å². The summed E-state index contributed by atoms with van der Waals surface area (Å²) in [4.78, 5) is 8.05. The summed E-state index contributed by atoms with van der Waals surface area (Å²) >= 11 is 0. The van der Waals surface area contributed by atoms with Crippen LogP contribution < -0.4 is 5.73 Å². The van der Waals surface area contributed by atoms with Crippen molar-refractivity contribution in [3.05, 3.63) is 36.4 Å². The fraction of sp³-hybridized carbons (Fsp3) is 0.200. The number of hydrogen-bond donors (Lipinski definition) is 2. The van der Waals surface area contributed by atoms with Crippen molar-refractivity contribution in [2.24, 2.45) is 5.73 Å². The molecule has 72 valence electrons. The Balaban J connectivity index is 2.65. The molecule has 4 heteroatoms. The number of pyridine rings is 2. The third-order valence-electron chi connectivity index (χ3n) is 2.18. The first kappa shape index (κ1) is 9.05. The first-order valence-electron chi connectivity index (χ1n) is 4.38. The van der Waals surface area contributed by atoms with Crippen LogP contribution in [-0.2, 0) is 0 Å². The maximum Gasteiger partial charge on any atom is 0.0933 e. The lowest BCUT2D eigenvalue weighted by molar-refractivity contribution is 0.188. The third kappa shape index (κ3) is 1.45. The Hall–Kier alpha value is -1.52. The zero-order chi connectivity index (χ0) is 9.97. The van der Waals surface area contributed by atoms with Gasteiger partial charge in [0.1, 0.15) is 0 Å². The molecule has 1 atom stereocenters. The number of fused-ring (bicyclic) bond motifs is 1. The number of rotatable bonds is 2. The molecule has 0 aliphatic rings. The Morgan fingerprint density at radius 3 is 2.93 bits per heavy atom. The second kappa shape index (κ2) is 3.69. The molecule has 0 amide bonds. The van der Waals surface area contributed by atoms with Crippen LogP contribution >= 0.6 is 0 Å². The molecule has 0 fully saturated rings. The molecule has 2 heterocycles. The minimum Gasteiger partial charge on any atom is -0.387 e. The number of aromatic nitrogens is 2. The predicted octanol–water partition coefficient (Wildman–Crippen LogP) is 0.622. The van der Waals surface area contributed by atoms with Crippen molar-refractivity contribution in [2.75, 3.05) is 6.54 Å². The highest BCUT2D eigenvalue weighted by molar-refractivity contribution is 5.83. The normalized spacial score (nSPS) is 13.0. The SMILES string of the molecule is NCC(O)c1cncc2ccncc12. The van der Waals surface area contributed by atoms with Crippen LogP contribution in [0.1, 0.15) is 11.7 Å². The van der Waals surface area contributed by atoms with Crippen molar-refractivity contribution in [1.82, 2.24) is 9.97 Å². The minimum absolute atomic E-state index is 0.190. The zero-order valence-electron chi connectivity index (χ0n) is 7.59. The molecule has 0 saturated carbocycles. The number of nitrogens with zero attached hydrogens (tertiary/aromatic N) is 2. The lowest BCUT2D eigenvalue weighted by Crippen LogP contribution is -2.12. The van der Waals surface area contributed by atoms with Crippen molar-refractivity contribution >= 4 is 10.8 Å². The first-order chi connectivity index (χ1) is 6.83. The highest BCUT2D eigenvalue weighted by Crippen LogP contribution is 2.21. The summed E-state index contributed by atoms with van der Waals surface area (Å²) in [5.74, 6) is 0. The fourth-order valence-electron chi connectivity index (χ4n) is 1.42. The largest absolute Gasteiger partial charge is 0.387 e. The van der Waals surface area contributed by atoms with E-state index in [1.165, 1.54) is 0 Å². The minimum atomic E-state index is -0.671. The second-order valence-electron chi connectivity index (χ2n) is 3.08. The number of hydrogen-bond acceptors (Lipinski definition) is 4. The van der Waals surface area contributed by atoms with E-state index in [2.05, 4.69) is 9.97 Å². The van der Waals surface area contributed by atoms with Crippen LogP contribution in [-0.4, -0.2) is 21.6 Å². The van der Waals surface area contributed by atoms with Crippen molar-refractivity contribution < 1.29 is 5.11 Å². The van der Waals surface area contributed by atoms with Gasteiger partial charge in [0.25, 0.3) is 0 Å². The van der Waals surface area contributed by atoms with Crippen molar-refractivity contribution in [1.29, 1.82) is 0 Å². The Morgan fingerprint density at radius 1 is 1.29 bits per heavy atom. The molecule has 0 bridgehead atoms.